The van der Waals surface area contributed by atoms with E-state index >= 15 is 0 Å². The van der Waals surface area contributed by atoms with E-state index in [9.17, 15) is 18.0 Å². The molecule has 0 aliphatic carbocycles. The Kier molecular flexibility index (Phi) is 7.26. The molecule has 3 aromatic rings. The van der Waals surface area contributed by atoms with Crippen LogP contribution in [0.2, 0.25) is 0 Å². The minimum atomic E-state index is -4.45. The Balaban J connectivity index is 1.16. The number of halogens is 3. The number of thiazole rings is 1. The van der Waals surface area contributed by atoms with Gasteiger partial charge in [0.2, 0.25) is 0 Å². The number of amides is 1. The summed E-state index contributed by atoms with van der Waals surface area (Å²) >= 11 is 1.19. The fourth-order valence-corrected chi connectivity index (χ4v) is 6.05. The van der Waals surface area contributed by atoms with Gasteiger partial charge in [-0.25, -0.2) is 9.78 Å². The van der Waals surface area contributed by atoms with E-state index in [1.165, 1.54) is 16.9 Å². The third kappa shape index (κ3) is 5.82. The van der Waals surface area contributed by atoms with E-state index in [2.05, 4.69) is 27.0 Å². The van der Waals surface area contributed by atoms with E-state index in [0.29, 0.717) is 28.6 Å². The quantitative estimate of drug-likeness (QED) is 0.447. The summed E-state index contributed by atoms with van der Waals surface area (Å²) in [6.45, 7) is 7.56. The number of carbonyl (C=O) groups is 1. The molecule has 2 aromatic heterocycles. The van der Waals surface area contributed by atoms with Crippen molar-refractivity contribution in [1.29, 1.82) is 0 Å². The second-order valence-electron chi connectivity index (χ2n) is 9.89. The van der Waals surface area contributed by atoms with Crippen LogP contribution in [0.15, 0.2) is 42.6 Å². The largest absolute Gasteiger partial charge is 0.446 e. The summed E-state index contributed by atoms with van der Waals surface area (Å²) in [4.78, 5) is 27.6. The number of nitrogens with zero attached hydrogens (tertiary/aromatic N) is 5. The Morgan fingerprint density at radius 1 is 1.11 bits per heavy atom. The Bertz CT molecular complexity index is 1230. The zero-order valence-electron chi connectivity index (χ0n) is 20.8. The number of hydrogen-bond acceptors (Lipinski definition) is 7. The van der Waals surface area contributed by atoms with E-state index in [1.807, 2.05) is 36.9 Å². The second kappa shape index (κ2) is 10.4. The molecule has 198 valence electrons. The van der Waals surface area contributed by atoms with Gasteiger partial charge in [0.05, 0.1) is 10.3 Å². The maximum atomic E-state index is 13.1. The first-order valence-corrected chi connectivity index (χ1v) is 13.3. The Hall–Kier alpha value is -2.92. The highest BCUT2D eigenvalue weighted by atomic mass is 32.1. The molecule has 4 heterocycles. The number of piperidine rings is 1. The molecule has 0 bridgehead atoms. The molecule has 0 radical (unpaired) electrons. The molecule has 2 aliphatic rings. The Morgan fingerprint density at radius 2 is 1.84 bits per heavy atom. The van der Waals surface area contributed by atoms with Crippen molar-refractivity contribution in [2.24, 2.45) is 0 Å². The summed E-state index contributed by atoms with van der Waals surface area (Å²) in [5.41, 5.74) is 0.798. The van der Waals surface area contributed by atoms with E-state index in [4.69, 9.17) is 4.74 Å². The van der Waals surface area contributed by atoms with Gasteiger partial charge in [-0.2, -0.15) is 18.2 Å². The van der Waals surface area contributed by atoms with Gasteiger partial charge in [0.1, 0.15) is 6.10 Å². The summed E-state index contributed by atoms with van der Waals surface area (Å²) in [5.74, 6) is 0. The van der Waals surface area contributed by atoms with Crippen LogP contribution in [0.1, 0.15) is 37.8 Å². The predicted molar refractivity (Wildman–Crippen MR) is 137 cm³/mol. The van der Waals surface area contributed by atoms with Gasteiger partial charge in [-0.05, 0) is 38.3 Å². The summed E-state index contributed by atoms with van der Waals surface area (Å²) in [5, 5.41) is 0.611. The molecule has 5 rings (SSSR count). The molecule has 2 aliphatic heterocycles. The van der Waals surface area contributed by atoms with Crippen LogP contribution in [0.3, 0.4) is 0 Å². The minimum Gasteiger partial charge on any atom is -0.446 e. The molecular weight excluding hydrogens is 503 g/mol. The number of ether oxygens (including phenoxy) is 1. The Morgan fingerprint density at radius 3 is 2.54 bits per heavy atom. The molecule has 1 aromatic carbocycles. The van der Waals surface area contributed by atoms with E-state index < -0.39 is 11.7 Å². The number of alkyl halides is 3. The van der Waals surface area contributed by atoms with Gasteiger partial charge in [-0.3, -0.25) is 4.90 Å². The average Bonchev–Trinajstić information content (AvgIpc) is 3.30. The third-order valence-corrected chi connectivity index (χ3v) is 8.11. The molecule has 0 N–H and O–H groups in total. The summed E-state index contributed by atoms with van der Waals surface area (Å²) in [6.07, 6.45) is -2.42. The number of carbonyl (C=O) groups excluding carboxylic acids is 1. The molecule has 11 heteroatoms. The highest BCUT2D eigenvalue weighted by Gasteiger charge is 2.36. The zero-order valence-corrected chi connectivity index (χ0v) is 21.6. The lowest BCUT2D eigenvalue weighted by Gasteiger charge is -2.44. The smallest absolute Gasteiger partial charge is 0.417 e. The predicted octanol–water partition coefficient (Wildman–Crippen LogP) is 5.41. The highest BCUT2D eigenvalue weighted by molar-refractivity contribution is 7.22. The monoisotopic (exact) mass is 533 g/mol. The lowest BCUT2D eigenvalue weighted by Crippen LogP contribution is -2.58. The molecule has 37 heavy (non-hydrogen) atoms. The van der Waals surface area contributed by atoms with E-state index in [0.717, 1.165) is 44.7 Å². The molecule has 2 fully saturated rings. The number of hydrogen-bond donors (Lipinski definition) is 0. The van der Waals surface area contributed by atoms with Gasteiger partial charge >= 0.3 is 12.3 Å². The lowest BCUT2D eigenvalue weighted by atomic mass is 10.1. The SMILES string of the molecule is C[C@@H]1CN(c2nc3ncc(C(F)(F)F)cc3s2)[C@@H](C)CN1C(=O)OC1CCN(Cc2ccccc2)CC1. The molecule has 2 atom stereocenters. The first-order chi connectivity index (χ1) is 17.7. The molecule has 7 nitrogen and oxygen atoms in total. The van der Waals surface area contributed by atoms with Gasteiger partial charge in [-0.15, -0.1) is 0 Å². The van der Waals surface area contributed by atoms with Crippen molar-refractivity contribution >= 4 is 32.9 Å². The Labute approximate surface area is 217 Å². The van der Waals surface area contributed by atoms with E-state index in [1.54, 1.807) is 4.90 Å². The fourth-order valence-electron chi connectivity index (χ4n) is 4.97. The summed E-state index contributed by atoms with van der Waals surface area (Å²) < 4.78 is 45.5. The maximum absolute atomic E-state index is 13.1. The van der Waals surface area contributed by atoms with Crippen LogP contribution in [0.5, 0.6) is 0 Å². The van der Waals surface area contributed by atoms with Crippen LogP contribution < -0.4 is 4.90 Å². The van der Waals surface area contributed by atoms with Gasteiger partial charge in [0.15, 0.2) is 10.8 Å². The summed E-state index contributed by atoms with van der Waals surface area (Å²) in [6, 6.07) is 11.2. The number of likely N-dealkylation sites (tertiary alicyclic amines) is 1. The molecule has 0 spiro atoms. The van der Waals surface area contributed by atoms with Gasteiger partial charge in [0, 0.05) is 51.0 Å². The number of anilines is 1. The van der Waals surface area contributed by atoms with Crippen molar-refractivity contribution in [3.05, 3.63) is 53.7 Å². The number of rotatable bonds is 4. The molecule has 0 unspecified atom stereocenters. The van der Waals surface area contributed by atoms with Gasteiger partial charge in [0.25, 0.3) is 0 Å². The number of benzene rings is 1. The van der Waals surface area contributed by atoms with Crippen LogP contribution in [0, 0.1) is 0 Å². The minimum absolute atomic E-state index is 0.0703. The van der Waals surface area contributed by atoms with Crippen molar-refractivity contribution < 1.29 is 22.7 Å². The van der Waals surface area contributed by atoms with Crippen LogP contribution in [0.4, 0.5) is 23.1 Å². The number of aromatic nitrogens is 2. The van der Waals surface area contributed by atoms with E-state index in [-0.39, 0.29) is 24.3 Å². The maximum Gasteiger partial charge on any atom is 0.417 e. The van der Waals surface area contributed by atoms with Crippen LogP contribution in [0.25, 0.3) is 10.3 Å². The number of pyridine rings is 1. The van der Waals surface area contributed by atoms with Crippen molar-refractivity contribution in [2.75, 3.05) is 31.1 Å². The standard InChI is InChI=1S/C26H30F3N5O2S/c1-17-15-34(25(35)36-21-8-10-32(11-9-21)16-19-6-4-3-5-7-19)18(2)14-33(17)24-31-23-22(37-24)12-20(13-30-23)26(27,28)29/h3-7,12-13,17-18,21H,8-11,14-16H2,1-2H3/t17-,18+/m0/s1. The lowest BCUT2D eigenvalue weighted by molar-refractivity contribution is -0.137. The molecular formula is C26H30F3N5O2S. The molecule has 1 amide bonds. The van der Waals surface area contributed by atoms with Gasteiger partial charge in [-0.1, -0.05) is 41.7 Å². The van der Waals surface area contributed by atoms with Crippen molar-refractivity contribution in [3.8, 4) is 0 Å². The number of fused-ring (bicyclic) bond motifs is 1. The highest BCUT2D eigenvalue weighted by Crippen LogP contribution is 2.35. The summed E-state index contributed by atoms with van der Waals surface area (Å²) in [7, 11) is 0. The average molecular weight is 534 g/mol. The van der Waals surface area contributed by atoms with Crippen LogP contribution in [-0.2, 0) is 17.5 Å². The zero-order chi connectivity index (χ0) is 26.2. The molecule has 0 saturated carbocycles. The first-order valence-electron chi connectivity index (χ1n) is 12.5. The molecule has 2 saturated heterocycles. The van der Waals surface area contributed by atoms with Crippen molar-refractivity contribution in [2.45, 2.75) is 57.6 Å². The first kappa shape index (κ1) is 25.7. The van der Waals surface area contributed by atoms with Crippen LogP contribution >= 0.6 is 11.3 Å². The normalized spacial score (nSPS) is 22.0. The second-order valence-corrected chi connectivity index (χ2v) is 10.9. The van der Waals surface area contributed by atoms with Crippen molar-refractivity contribution in [3.63, 3.8) is 0 Å². The fraction of sp³-hybridized carbons (Fsp3) is 0.500. The van der Waals surface area contributed by atoms with Gasteiger partial charge < -0.3 is 14.5 Å². The topological polar surface area (TPSA) is 61.8 Å². The third-order valence-electron chi connectivity index (χ3n) is 7.08. The van der Waals surface area contributed by atoms with Crippen LogP contribution in [-0.4, -0.2) is 70.2 Å². The number of piperazine rings is 1. The van der Waals surface area contributed by atoms with Crippen molar-refractivity contribution in [1.82, 2.24) is 19.8 Å².